The van der Waals surface area contributed by atoms with Crippen LogP contribution in [0.2, 0.25) is 0 Å². The van der Waals surface area contributed by atoms with E-state index in [0.29, 0.717) is 35.8 Å². The molecule has 0 fully saturated rings. The summed E-state index contributed by atoms with van der Waals surface area (Å²) >= 11 is 0. The van der Waals surface area contributed by atoms with Gasteiger partial charge in [-0.1, -0.05) is 12.1 Å². The van der Waals surface area contributed by atoms with Crippen LogP contribution in [0, 0.1) is 0 Å². The Kier molecular flexibility index (Phi) is 5.72. The molecule has 0 saturated carbocycles. The first-order chi connectivity index (χ1) is 13.1. The minimum Gasteiger partial charge on any atom is -0.383 e. The number of aromatic nitrogens is 5. The first-order valence-corrected chi connectivity index (χ1v) is 8.40. The van der Waals surface area contributed by atoms with E-state index in [1.807, 2.05) is 11.5 Å². The monoisotopic (exact) mass is 368 g/mol. The highest BCUT2D eigenvalue weighted by Gasteiger charge is 2.17. The summed E-state index contributed by atoms with van der Waals surface area (Å²) in [4.78, 5) is 30.7. The van der Waals surface area contributed by atoms with Crippen LogP contribution in [0.5, 0.6) is 0 Å². The third kappa shape index (κ3) is 4.45. The molecule has 2 N–H and O–H groups in total. The highest BCUT2D eigenvalue weighted by Crippen LogP contribution is 2.17. The quantitative estimate of drug-likeness (QED) is 0.647. The second-order valence-corrected chi connectivity index (χ2v) is 5.96. The largest absolute Gasteiger partial charge is 0.383 e. The van der Waals surface area contributed by atoms with Gasteiger partial charge in [0, 0.05) is 24.8 Å². The van der Waals surface area contributed by atoms with Crippen molar-refractivity contribution in [3.63, 3.8) is 0 Å². The van der Waals surface area contributed by atoms with Crippen LogP contribution < -0.4 is 10.9 Å². The molecular formula is C18H20N6O3. The van der Waals surface area contributed by atoms with Gasteiger partial charge >= 0.3 is 0 Å². The van der Waals surface area contributed by atoms with Gasteiger partial charge in [-0.15, -0.1) is 10.2 Å². The fraction of sp³-hybridized carbons (Fsp3) is 0.278. The van der Waals surface area contributed by atoms with E-state index in [9.17, 15) is 9.59 Å². The van der Waals surface area contributed by atoms with Crippen molar-refractivity contribution in [3.8, 4) is 11.3 Å². The number of carbonyl (C=O) groups excluding carboxylic acids is 1. The Morgan fingerprint density at radius 2 is 2.22 bits per heavy atom. The summed E-state index contributed by atoms with van der Waals surface area (Å²) in [6.45, 7) is 2.97. The molecule has 2 aromatic heterocycles. The van der Waals surface area contributed by atoms with E-state index in [4.69, 9.17) is 4.74 Å². The zero-order valence-electron chi connectivity index (χ0n) is 15.0. The van der Waals surface area contributed by atoms with E-state index in [1.165, 1.54) is 6.20 Å². The van der Waals surface area contributed by atoms with Crippen LogP contribution in [0.15, 0.2) is 47.8 Å². The van der Waals surface area contributed by atoms with Gasteiger partial charge in [0.2, 0.25) is 0 Å². The molecule has 3 aromatic rings. The van der Waals surface area contributed by atoms with Gasteiger partial charge in [-0.3, -0.25) is 14.6 Å². The Hall–Kier alpha value is -3.33. The maximum Gasteiger partial charge on any atom is 0.266 e. The number of carbonyl (C=O) groups is 1. The summed E-state index contributed by atoms with van der Waals surface area (Å²) in [5, 5.41) is 10.9. The smallest absolute Gasteiger partial charge is 0.266 e. The molecule has 0 saturated heterocycles. The van der Waals surface area contributed by atoms with Crippen molar-refractivity contribution >= 4 is 5.91 Å². The topological polar surface area (TPSA) is 115 Å². The van der Waals surface area contributed by atoms with Crippen molar-refractivity contribution in [2.24, 2.45) is 0 Å². The third-order valence-corrected chi connectivity index (χ3v) is 4.01. The fourth-order valence-electron chi connectivity index (χ4n) is 2.66. The van der Waals surface area contributed by atoms with E-state index in [2.05, 4.69) is 25.5 Å². The summed E-state index contributed by atoms with van der Waals surface area (Å²) in [7, 11) is 1.62. The van der Waals surface area contributed by atoms with Crippen molar-refractivity contribution in [2.75, 3.05) is 13.7 Å². The van der Waals surface area contributed by atoms with Crippen LogP contribution in [-0.2, 0) is 11.3 Å². The lowest BCUT2D eigenvalue weighted by molar-refractivity contribution is 0.0937. The number of rotatable bonds is 7. The minimum absolute atomic E-state index is 0.253. The van der Waals surface area contributed by atoms with Gasteiger partial charge in [-0.25, -0.2) is 0 Å². The van der Waals surface area contributed by atoms with Gasteiger partial charge in [-0.2, -0.15) is 0 Å². The average Bonchev–Trinajstić information content (AvgIpc) is 3.15. The molecule has 2 heterocycles. The summed E-state index contributed by atoms with van der Waals surface area (Å²) in [5.74, 6) is 0.394. The van der Waals surface area contributed by atoms with Crippen molar-refractivity contribution in [2.45, 2.75) is 19.5 Å². The average molecular weight is 368 g/mol. The molecule has 1 atom stereocenters. The Labute approximate surface area is 155 Å². The molecular weight excluding hydrogens is 348 g/mol. The van der Waals surface area contributed by atoms with E-state index < -0.39 is 0 Å². The number of nitrogens with zero attached hydrogens (tertiary/aromatic N) is 4. The Morgan fingerprint density at radius 3 is 3.00 bits per heavy atom. The Bertz CT molecular complexity index is 981. The second kappa shape index (κ2) is 8.37. The first kappa shape index (κ1) is 18.5. The highest BCUT2D eigenvalue weighted by molar-refractivity contribution is 5.95. The number of ether oxygens (including phenoxy) is 1. The predicted molar refractivity (Wildman–Crippen MR) is 98.1 cm³/mol. The van der Waals surface area contributed by atoms with Gasteiger partial charge in [0.05, 0.1) is 30.7 Å². The van der Waals surface area contributed by atoms with E-state index in [0.717, 1.165) is 0 Å². The maximum atomic E-state index is 12.6. The van der Waals surface area contributed by atoms with Crippen LogP contribution in [0.25, 0.3) is 11.3 Å². The number of nitrogens with one attached hydrogen (secondary N) is 2. The number of aromatic amines is 1. The summed E-state index contributed by atoms with van der Waals surface area (Å²) in [5.41, 5.74) is 1.41. The zero-order valence-corrected chi connectivity index (χ0v) is 15.0. The van der Waals surface area contributed by atoms with E-state index in [-0.39, 0.29) is 17.5 Å². The molecule has 0 radical (unpaired) electrons. The van der Waals surface area contributed by atoms with Crippen LogP contribution in [-0.4, -0.2) is 44.4 Å². The third-order valence-electron chi connectivity index (χ3n) is 4.01. The van der Waals surface area contributed by atoms with Gasteiger partial charge in [0.15, 0.2) is 5.82 Å². The molecule has 27 heavy (non-hydrogen) atoms. The number of methoxy groups -OCH3 is 1. The standard InChI is InChI=1S/C18H20N6O3/c1-12(17-23-20-11-24(17)6-7-27-2)21-18(26)14-5-3-4-13(8-14)15-9-19-10-16(25)22-15/h3-5,8-12H,6-7H2,1-2H3,(H,21,26)(H,22,25)/t12-/m1/s1. The molecule has 9 nitrogen and oxygen atoms in total. The molecule has 1 aromatic carbocycles. The van der Waals surface area contributed by atoms with Crippen LogP contribution in [0.4, 0.5) is 0 Å². The first-order valence-electron chi connectivity index (χ1n) is 8.40. The van der Waals surface area contributed by atoms with Crippen LogP contribution >= 0.6 is 0 Å². The molecule has 3 rings (SSSR count). The van der Waals surface area contributed by atoms with Crippen molar-refractivity contribution in [1.82, 2.24) is 30.0 Å². The minimum atomic E-state index is -0.335. The predicted octanol–water partition coefficient (Wildman–Crippen LogP) is 1.17. The normalized spacial score (nSPS) is 11.9. The van der Waals surface area contributed by atoms with Gasteiger partial charge < -0.3 is 19.6 Å². The molecule has 9 heteroatoms. The lowest BCUT2D eigenvalue weighted by atomic mass is 10.1. The number of benzene rings is 1. The van der Waals surface area contributed by atoms with Crippen LogP contribution in [0.3, 0.4) is 0 Å². The van der Waals surface area contributed by atoms with Gasteiger partial charge in [0.1, 0.15) is 6.33 Å². The maximum absolute atomic E-state index is 12.6. The molecule has 0 spiro atoms. The number of H-pyrrole nitrogens is 1. The zero-order chi connectivity index (χ0) is 19.2. The number of amides is 1. The molecule has 0 aliphatic rings. The summed E-state index contributed by atoms with van der Waals surface area (Å²) in [6.07, 6.45) is 4.34. The van der Waals surface area contributed by atoms with Crippen molar-refractivity contribution in [3.05, 3.63) is 64.7 Å². The second-order valence-electron chi connectivity index (χ2n) is 5.96. The number of hydrogen-bond donors (Lipinski definition) is 2. The molecule has 140 valence electrons. The fourth-order valence-corrected chi connectivity index (χ4v) is 2.66. The van der Waals surface area contributed by atoms with Gasteiger partial charge in [-0.05, 0) is 19.1 Å². The SMILES string of the molecule is COCCn1cnnc1[C@@H](C)NC(=O)c1cccc(-c2cncc(=O)[nH]2)c1. The summed E-state index contributed by atoms with van der Waals surface area (Å²) in [6, 6.07) is 6.62. The van der Waals surface area contributed by atoms with Gasteiger partial charge in [0.25, 0.3) is 11.5 Å². The van der Waals surface area contributed by atoms with Crippen molar-refractivity contribution in [1.29, 1.82) is 0 Å². The number of hydrogen-bond acceptors (Lipinski definition) is 6. The van der Waals surface area contributed by atoms with E-state index >= 15 is 0 Å². The lowest BCUT2D eigenvalue weighted by Gasteiger charge is -2.15. The highest BCUT2D eigenvalue weighted by atomic mass is 16.5. The molecule has 0 unspecified atom stereocenters. The Morgan fingerprint density at radius 1 is 1.37 bits per heavy atom. The molecule has 0 aliphatic carbocycles. The van der Waals surface area contributed by atoms with E-state index in [1.54, 1.807) is 43.9 Å². The van der Waals surface area contributed by atoms with Crippen LogP contribution in [0.1, 0.15) is 29.1 Å². The lowest BCUT2D eigenvalue weighted by Crippen LogP contribution is -2.29. The van der Waals surface area contributed by atoms with Crippen molar-refractivity contribution < 1.29 is 9.53 Å². The Balaban J connectivity index is 1.76. The summed E-state index contributed by atoms with van der Waals surface area (Å²) < 4.78 is 6.91. The molecule has 1 amide bonds. The molecule has 0 bridgehead atoms. The molecule has 0 aliphatic heterocycles.